The second-order valence-corrected chi connectivity index (χ2v) is 12.1. The largest absolute Gasteiger partial charge is 0.460 e. The molecule has 1 saturated carbocycles. The van der Waals surface area contributed by atoms with Gasteiger partial charge in [0.25, 0.3) is 5.56 Å². The molecular weight excluding hydrogens is 539 g/mol. The van der Waals surface area contributed by atoms with Crippen LogP contribution in [0, 0.1) is 12.7 Å². The average molecular weight is 575 g/mol. The highest BCUT2D eigenvalue weighted by atomic mass is 19.1. The Hall–Kier alpha value is -3.63. The van der Waals surface area contributed by atoms with Gasteiger partial charge >= 0.3 is 5.97 Å². The summed E-state index contributed by atoms with van der Waals surface area (Å²) in [5.74, 6) is -1.24. The Morgan fingerprint density at radius 2 is 2.05 bits per heavy atom. The predicted octanol–water partition coefficient (Wildman–Crippen LogP) is 3.69. The van der Waals surface area contributed by atoms with Gasteiger partial charge in [0.2, 0.25) is 5.91 Å². The monoisotopic (exact) mass is 574 g/mol. The van der Waals surface area contributed by atoms with Crippen LogP contribution >= 0.6 is 0 Å². The lowest BCUT2D eigenvalue weighted by atomic mass is 9.63. The Balaban J connectivity index is 1.40. The van der Waals surface area contributed by atoms with Gasteiger partial charge in [0, 0.05) is 22.9 Å². The number of ether oxygens (including phenoxy) is 2. The van der Waals surface area contributed by atoms with E-state index >= 15 is 4.39 Å². The van der Waals surface area contributed by atoms with Crippen molar-refractivity contribution < 1.29 is 23.5 Å². The number of halogens is 1. The van der Waals surface area contributed by atoms with Crippen LogP contribution in [0.3, 0.4) is 0 Å². The number of aromatic nitrogens is 2. The normalized spacial score (nSPS) is 21.3. The number of amides is 1. The van der Waals surface area contributed by atoms with Gasteiger partial charge in [-0.3, -0.25) is 14.4 Å². The zero-order valence-corrected chi connectivity index (χ0v) is 24.2. The highest BCUT2D eigenvalue weighted by Gasteiger charge is 2.49. The Morgan fingerprint density at radius 3 is 2.76 bits per heavy atom. The smallest absolute Gasteiger partial charge is 0.313 e. The standard InChI is InChI=1S/C32H35FN4O5/c1-4-17-19-10-25-29-20(13-37(25)30(39)21(19)14-41-31(17)40)27-22(32(8-5-9-32)42-15-35-26(38)12-34-3)7-6-18-16(2)23(33)11-24(36-29)28(18)27/h10-11,17,22,34H,4-9,12-15H2,1-3H3,(H,35,38). The number of rotatable bonds is 7. The van der Waals surface area contributed by atoms with Gasteiger partial charge in [0.1, 0.15) is 19.2 Å². The number of carbonyl (C=O) groups excluding carboxylic acids is 2. The number of carbonyl (C=O) groups is 2. The van der Waals surface area contributed by atoms with E-state index in [0.29, 0.717) is 53.0 Å². The fourth-order valence-corrected chi connectivity index (χ4v) is 7.70. The topological polar surface area (TPSA) is 112 Å². The number of esters is 1. The van der Waals surface area contributed by atoms with Gasteiger partial charge in [-0.25, -0.2) is 9.37 Å². The molecule has 1 amide bonds. The summed E-state index contributed by atoms with van der Waals surface area (Å²) in [5.41, 5.74) is 6.15. The minimum Gasteiger partial charge on any atom is -0.460 e. The van der Waals surface area contributed by atoms with Crippen LogP contribution in [0.5, 0.6) is 0 Å². The number of aryl methyl sites for hydroxylation is 1. The maximum atomic E-state index is 15.2. The molecule has 9 nitrogen and oxygen atoms in total. The fraction of sp³-hybridized carbons (Fsp3) is 0.500. The first-order valence-electron chi connectivity index (χ1n) is 14.9. The van der Waals surface area contributed by atoms with Crippen molar-refractivity contribution in [3.8, 4) is 11.4 Å². The Bertz CT molecular complexity index is 1730. The lowest BCUT2D eigenvalue weighted by molar-refractivity contribution is -0.148. The van der Waals surface area contributed by atoms with Crippen molar-refractivity contribution in [2.75, 3.05) is 20.3 Å². The Morgan fingerprint density at radius 1 is 1.24 bits per heavy atom. The van der Waals surface area contributed by atoms with Crippen LogP contribution in [0.15, 0.2) is 16.9 Å². The quantitative estimate of drug-likeness (QED) is 0.256. The number of likely N-dealkylation sites (N-methyl/N-ethyl adjacent to an activating group) is 1. The molecule has 2 aliphatic heterocycles. The molecule has 7 rings (SSSR count). The molecule has 3 aromatic rings. The number of hydrogen-bond acceptors (Lipinski definition) is 7. The first kappa shape index (κ1) is 27.2. The van der Waals surface area contributed by atoms with Crippen LogP contribution in [0.2, 0.25) is 0 Å². The minimum absolute atomic E-state index is 0.00277. The van der Waals surface area contributed by atoms with Crippen molar-refractivity contribution in [2.45, 2.75) is 83.0 Å². The molecule has 0 radical (unpaired) electrons. The third kappa shape index (κ3) is 3.87. The molecule has 0 bridgehead atoms. The van der Waals surface area contributed by atoms with Gasteiger partial charge in [0.05, 0.1) is 47.1 Å². The van der Waals surface area contributed by atoms with Crippen LogP contribution in [-0.2, 0) is 38.6 Å². The van der Waals surface area contributed by atoms with E-state index in [1.807, 2.05) is 19.9 Å². The van der Waals surface area contributed by atoms with Crippen molar-refractivity contribution in [2.24, 2.45) is 0 Å². The molecule has 1 fully saturated rings. The number of hydrogen-bond donors (Lipinski definition) is 2. The Labute approximate surface area is 242 Å². The molecule has 2 atom stereocenters. The molecule has 4 aliphatic rings. The molecule has 2 aliphatic carbocycles. The minimum atomic E-state index is -0.501. The lowest BCUT2D eigenvalue weighted by Crippen LogP contribution is -2.49. The van der Waals surface area contributed by atoms with Crippen molar-refractivity contribution in [1.82, 2.24) is 20.2 Å². The van der Waals surface area contributed by atoms with E-state index in [2.05, 4.69) is 10.6 Å². The SMILES string of the molecule is CCC1C(=O)OCc2c1cc1n(c2=O)Cc2c-1nc1cc(F)c(C)c3c1c2C(C1(OCNC(=O)CNC)CCC1)CC3. The number of nitrogens with zero attached hydrogens (tertiary/aromatic N) is 2. The summed E-state index contributed by atoms with van der Waals surface area (Å²) < 4.78 is 28.9. The van der Waals surface area contributed by atoms with Gasteiger partial charge in [-0.05, 0) is 80.8 Å². The van der Waals surface area contributed by atoms with E-state index < -0.39 is 11.5 Å². The first-order chi connectivity index (χ1) is 20.3. The van der Waals surface area contributed by atoms with E-state index in [-0.39, 0.29) is 49.1 Å². The average Bonchev–Trinajstić information content (AvgIpc) is 3.32. The fourth-order valence-electron chi connectivity index (χ4n) is 7.70. The summed E-state index contributed by atoms with van der Waals surface area (Å²) in [6, 6.07) is 3.44. The van der Waals surface area contributed by atoms with Crippen molar-refractivity contribution in [1.29, 1.82) is 0 Å². The number of cyclic esters (lactones) is 1. The van der Waals surface area contributed by atoms with E-state index in [4.69, 9.17) is 14.5 Å². The zero-order chi connectivity index (χ0) is 29.3. The first-order valence-corrected chi connectivity index (χ1v) is 14.9. The van der Waals surface area contributed by atoms with Crippen LogP contribution in [-0.4, -0.2) is 47.4 Å². The summed E-state index contributed by atoms with van der Waals surface area (Å²) in [5, 5.41) is 6.67. The molecule has 4 heterocycles. The van der Waals surface area contributed by atoms with Gasteiger partial charge in [0.15, 0.2) is 0 Å². The molecule has 220 valence electrons. The lowest BCUT2D eigenvalue weighted by Gasteiger charge is -2.49. The molecule has 0 spiro atoms. The van der Waals surface area contributed by atoms with Gasteiger partial charge in [-0.2, -0.15) is 0 Å². The summed E-state index contributed by atoms with van der Waals surface area (Å²) >= 11 is 0. The van der Waals surface area contributed by atoms with Gasteiger partial charge in [-0.1, -0.05) is 6.92 Å². The number of pyridine rings is 2. The van der Waals surface area contributed by atoms with E-state index in [1.165, 1.54) is 6.07 Å². The molecule has 0 saturated heterocycles. The molecule has 2 aromatic heterocycles. The van der Waals surface area contributed by atoms with E-state index in [9.17, 15) is 14.4 Å². The molecule has 1 aromatic carbocycles. The second-order valence-electron chi connectivity index (χ2n) is 12.1. The van der Waals surface area contributed by atoms with Crippen molar-refractivity contribution in [3.05, 3.63) is 61.7 Å². The third-order valence-electron chi connectivity index (χ3n) is 10.00. The maximum absolute atomic E-state index is 15.2. The summed E-state index contributed by atoms with van der Waals surface area (Å²) in [4.78, 5) is 43.5. The molecule has 10 heteroatoms. The highest BCUT2D eigenvalue weighted by Crippen LogP contribution is 2.55. The van der Waals surface area contributed by atoms with Crippen LogP contribution in [0.25, 0.3) is 22.3 Å². The summed E-state index contributed by atoms with van der Waals surface area (Å²) in [7, 11) is 1.72. The molecule has 42 heavy (non-hydrogen) atoms. The zero-order valence-electron chi connectivity index (χ0n) is 24.2. The maximum Gasteiger partial charge on any atom is 0.313 e. The molecule has 2 unspecified atom stereocenters. The molecule has 2 N–H and O–H groups in total. The number of fused-ring (bicyclic) bond motifs is 5. The summed E-state index contributed by atoms with van der Waals surface area (Å²) in [6.07, 6.45) is 4.73. The predicted molar refractivity (Wildman–Crippen MR) is 154 cm³/mol. The van der Waals surface area contributed by atoms with Crippen LogP contribution < -0.4 is 16.2 Å². The number of nitrogens with one attached hydrogen (secondary N) is 2. The van der Waals surface area contributed by atoms with Crippen LogP contribution in [0.4, 0.5) is 4.39 Å². The van der Waals surface area contributed by atoms with E-state index in [0.717, 1.165) is 47.8 Å². The van der Waals surface area contributed by atoms with Crippen molar-refractivity contribution >= 4 is 22.8 Å². The van der Waals surface area contributed by atoms with Gasteiger partial charge < -0.3 is 24.7 Å². The molecular formula is C32H35FN4O5. The van der Waals surface area contributed by atoms with Crippen LogP contribution in [0.1, 0.15) is 84.2 Å². The third-order valence-corrected chi connectivity index (χ3v) is 10.00. The summed E-state index contributed by atoms with van der Waals surface area (Å²) in [6.45, 7) is 4.37. The van der Waals surface area contributed by atoms with Crippen molar-refractivity contribution in [3.63, 3.8) is 0 Å². The highest BCUT2D eigenvalue weighted by molar-refractivity contribution is 5.93. The van der Waals surface area contributed by atoms with E-state index in [1.54, 1.807) is 11.6 Å². The number of benzene rings is 1. The van der Waals surface area contributed by atoms with Gasteiger partial charge in [-0.15, -0.1) is 0 Å². The second kappa shape index (κ2) is 9.98. The Kier molecular flexibility index (Phi) is 6.47.